The number of aryl methyl sites for hydroxylation is 1. The van der Waals surface area contributed by atoms with Crippen molar-refractivity contribution < 1.29 is 19.1 Å². The summed E-state index contributed by atoms with van der Waals surface area (Å²) in [5, 5.41) is 12.1. The van der Waals surface area contributed by atoms with Gasteiger partial charge >= 0.3 is 5.97 Å². The number of carboxylic acid groups (broad SMARTS) is 1. The van der Waals surface area contributed by atoms with Crippen LogP contribution < -0.4 is 0 Å². The van der Waals surface area contributed by atoms with E-state index in [9.17, 15) is 14.7 Å². The van der Waals surface area contributed by atoms with Crippen molar-refractivity contribution in [2.24, 2.45) is 0 Å². The molecule has 28 heavy (non-hydrogen) atoms. The Hall–Kier alpha value is -2.96. The first-order valence-corrected chi connectivity index (χ1v) is 9.68. The Balaban J connectivity index is 1.71. The summed E-state index contributed by atoms with van der Waals surface area (Å²) in [7, 11) is 0. The van der Waals surface area contributed by atoms with E-state index in [-0.39, 0.29) is 23.7 Å². The molecule has 0 aliphatic heterocycles. The summed E-state index contributed by atoms with van der Waals surface area (Å²) in [6.45, 7) is 1.87. The molecule has 0 saturated carbocycles. The number of aromatic nitrogens is 1. The predicted molar refractivity (Wildman–Crippen MR) is 109 cm³/mol. The van der Waals surface area contributed by atoms with Gasteiger partial charge < -0.3 is 9.52 Å². The van der Waals surface area contributed by atoms with Crippen molar-refractivity contribution in [1.82, 2.24) is 4.98 Å². The van der Waals surface area contributed by atoms with E-state index in [2.05, 4.69) is 4.98 Å². The van der Waals surface area contributed by atoms with Crippen LogP contribution >= 0.6 is 22.9 Å². The third kappa shape index (κ3) is 3.32. The van der Waals surface area contributed by atoms with E-state index in [1.165, 1.54) is 11.3 Å². The first-order chi connectivity index (χ1) is 13.4. The Morgan fingerprint density at radius 2 is 1.96 bits per heavy atom. The molecule has 0 amide bonds. The maximum Gasteiger partial charge on any atom is 0.337 e. The first-order valence-electron chi connectivity index (χ1n) is 8.43. The lowest BCUT2D eigenvalue weighted by atomic mass is 9.97. The summed E-state index contributed by atoms with van der Waals surface area (Å²) in [6.07, 6.45) is -0.0915. The number of thiophene rings is 1. The van der Waals surface area contributed by atoms with Crippen LogP contribution in [0, 0.1) is 6.92 Å². The van der Waals surface area contributed by atoms with Crippen molar-refractivity contribution in [2.75, 3.05) is 0 Å². The molecule has 4 aromatic rings. The molecule has 0 aliphatic rings. The van der Waals surface area contributed by atoms with Crippen molar-refractivity contribution in [3.05, 3.63) is 74.8 Å². The summed E-state index contributed by atoms with van der Waals surface area (Å²) in [4.78, 5) is 29.3. The number of ketones is 1. The average Bonchev–Trinajstić information content (AvgIpc) is 3.26. The molecule has 0 atom stereocenters. The molecule has 1 N–H and O–H groups in total. The minimum absolute atomic E-state index is 0.0184. The maximum absolute atomic E-state index is 12.7. The number of oxazole rings is 1. The fourth-order valence-corrected chi connectivity index (χ4v) is 4.36. The molecular formula is C21H14ClNO4S. The molecule has 140 valence electrons. The van der Waals surface area contributed by atoms with Crippen LogP contribution in [-0.2, 0) is 6.42 Å². The number of Topliss-reactive ketones (excluding diaryl/α,β-unsaturated/α-hetero) is 1. The van der Waals surface area contributed by atoms with Gasteiger partial charge in [0.25, 0.3) is 5.89 Å². The van der Waals surface area contributed by atoms with Crippen LogP contribution in [0.3, 0.4) is 0 Å². The van der Waals surface area contributed by atoms with Gasteiger partial charge in [-0.1, -0.05) is 29.8 Å². The van der Waals surface area contributed by atoms with Gasteiger partial charge in [0.15, 0.2) is 5.58 Å². The van der Waals surface area contributed by atoms with Gasteiger partial charge in [-0.05, 0) is 47.7 Å². The summed E-state index contributed by atoms with van der Waals surface area (Å²) < 4.78 is 5.51. The SMILES string of the molecule is Cc1cc(Cl)ccc1-c1csc(CC(=O)c2nc3ccccc3o2)c1C(=O)O. The van der Waals surface area contributed by atoms with E-state index in [1.54, 1.807) is 41.8 Å². The molecule has 7 heteroatoms. The molecule has 0 radical (unpaired) electrons. The molecule has 0 saturated heterocycles. The Kier molecular flexibility index (Phi) is 4.75. The fraction of sp³-hybridized carbons (Fsp3) is 0.0952. The second kappa shape index (κ2) is 7.22. The number of carboxylic acids is 1. The van der Waals surface area contributed by atoms with E-state index in [0.717, 1.165) is 11.1 Å². The van der Waals surface area contributed by atoms with Gasteiger partial charge in [-0.25, -0.2) is 9.78 Å². The van der Waals surface area contributed by atoms with Crippen molar-refractivity contribution in [3.8, 4) is 11.1 Å². The lowest BCUT2D eigenvalue weighted by Crippen LogP contribution is -2.07. The summed E-state index contributed by atoms with van der Waals surface area (Å²) in [5.41, 5.74) is 3.45. The maximum atomic E-state index is 12.7. The summed E-state index contributed by atoms with van der Waals surface area (Å²) in [6, 6.07) is 12.4. The molecule has 2 aromatic carbocycles. The highest BCUT2D eigenvalue weighted by molar-refractivity contribution is 7.11. The number of rotatable bonds is 5. The Bertz CT molecular complexity index is 1190. The molecule has 5 nitrogen and oxygen atoms in total. The van der Waals surface area contributed by atoms with E-state index in [4.69, 9.17) is 16.0 Å². The number of hydrogen-bond donors (Lipinski definition) is 1. The van der Waals surface area contributed by atoms with Gasteiger partial charge in [0.2, 0.25) is 5.78 Å². The Morgan fingerprint density at radius 3 is 2.68 bits per heavy atom. The number of hydrogen-bond acceptors (Lipinski definition) is 5. The monoisotopic (exact) mass is 411 g/mol. The molecule has 0 spiro atoms. The number of para-hydroxylation sites is 2. The van der Waals surface area contributed by atoms with Gasteiger partial charge in [-0.2, -0.15) is 0 Å². The van der Waals surface area contributed by atoms with Crippen molar-refractivity contribution >= 4 is 45.8 Å². The number of aromatic carboxylic acids is 1. The minimum atomic E-state index is -1.08. The molecule has 2 heterocycles. The zero-order valence-corrected chi connectivity index (χ0v) is 16.3. The van der Waals surface area contributed by atoms with Gasteiger partial charge in [0.1, 0.15) is 5.52 Å². The molecule has 0 aliphatic carbocycles. The van der Waals surface area contributed by atoms with E-state index in [0.29, 0.717) is 26.6 Å². The topological polar surface area (TPSA) is 80.4 Å². The molecule has 0 bridgehead atoms. The van der Waals surface area contributed by atoms with E-state index in [1.807, 2.05) is 13.0 Å². The van der Waals surface area contributed by atoms with Gasteiger partial charge in [0.05, 0.1) is 12.0 Å². The van der Waals surface area contributed by atoms with Crippen LogP contribution in [0.5, 0.6) is 0 Å². The third-order valence-corrected chi connectivity index (χ3v) is 5.63. The van der Waals surface area contributed by atoms with E-state index >= 15 is 0 Å². The second-order valence-corrected chi connectivity index (χ2v) is 7.70. The van der Waals surface area contributed by atoms with E-state index < -0.39 is 5.97 Å². The molecular weight excluding hydrogens is 398 g/mol. The third-order valence-electron chi connectivity index (χ3n) is 4.41. The van der Waals surface area contributed by atoms with Crippen LogP contribution in [0.1, 0.15) is 31.5 Å². The highest BCUT2D eigenvalue weighted by atomic mass is 35.5. The zero-order chi connectivity index (χ0) is 19.8. The number of halogens is 1. The van der Waals surface area contributed by atoms with Gasteiger partial charge in [-0.3, -0.25) is 4.79 Å². The zero-order valence-electron chi connectivity index (χ0n) is 14.7. The number of carbonyl (C=O) groups is 2. The van der Waals surface area contributed by atoms with Gasteiger partial charge in [0, 0.05) is 15.5 Å². The fourth-order valence-electron chi connectivity index (χ4n) is 3.10. The van der Waals surface area contributed by atoms with Gasteiger partial charge in [-0.15, -0.1) is 11.3 Å². The molecule has 2 aromatic heterocycles. The van der Waals surface area contributed by atoms with Crippen LogP contribution in [0.2, 0.25) is 5.02 Å². The van der Waals surface area contributed by atoms with Crippen LogP contribution in [-0.4, -0.2) is 21.8 Å². The smallest absolute Gasteiger partial charge is 0.337 e. The molecule has 0 fully saturated rings. The number of benzene rings is 2. The summed E-state index contributed by atoms with van der Waals surface area (Å²) >= 11 is 7.24. The lowest BCUT2D eigenvalue weighted by molar-refractivity contribution is 0.0697. The van der Waals surface area contributed by atoms with Crippen LogP contribution in [0.25, 0.3) is 22.2 Å². The lowest BCUT2D eigenvalue weighted by Gasteiger charge is -2.07. The second-order valence-electron chi connectivity index (χ2n) is 6.30. The highest BCUT2D eigenvalue weighted by Gasteiger charge is 2.24. The first kappa shape index (κ1) is 18.4. The molecule has 0 unspecified atom stereocenters. The average molecular weight is 412 g/mol. The number of nitrogens with zero attached hydrogens (tertiary/aromatic N) is 1. The predicted octanol–water partition coefficient (Wildman–Crippen LogP) is 5.64. The largest absolute Gasteiger partial charge is 0.478 e. The van der Waals surface area contributed by atoms with Crippen molar-refractivity contribution in [1.29, 1.82) is 0 Å². The van der Waals surface area contributed by atoms with Crippen LogP contribution in [0.4, 0.5) is 0 Å². The quantitative estimate of drug-likeness (QED) is 0.430. The number of carbonyl (C=O) groups excluding carboxylic acids is 1. The van der Waals surface area contributed by atoms with Crippen molar-refractivity contribution in [2.45, 2.75) is 13.3 Å². The standard InChI is InChI=1S/C21H14ClNO4S/c1-11-8-12(22)6-7-13(11)14-10-28-18(19(14)21(25)26)9-16(24)20-23-15-4-2-3-5-17(15)27-20/h2-8,10H,9H2,1H3,(H,25,26). The van der Waals surface area contributed by atoms with Crippen molar-refractivity contribution in [3.63, 3.8) is 0 Å². The minimum Gasteiger partial charge on any atom is -0.478 e. The van der Waals surface area contributed by atoms with Crippen LogP contribution in [0.15, 0.2) is 52.3 Å². The molecule has 4 rings (SSSR count). The Labute approximate surface area is 169 Å². The number of fused-ring (bicyclic) bond motifs is 1. The summed E-state index contributed by atoms with van der Waals surface area (Å²) in [5.74, 6) is -1.46. The Morgan fingerprint density at radius 1 is 1.18 bits per heavy atom. The highest BCUT2D eigenvalue weighted by Crippen LogP contribution is 2.35. The normalized spacial score (nSPS) is 11.1.